The molecule has 4 heteroatoms. The van der Waals surface area contributed by atoms with Crippen LogP contribution in [0.5, 0.6) is 0 Å². The van der Waals surface area contributed by atoms with Gasteiger partial charge >= 0.3 is 0 Å². The second kappa shape index (κ2) is 4.72. The lowest BCUT2D eigenvalue weighted by Gasteiger charge is -2.24. The second-order valence-corrected chi connectivity index (χ2v) is 5.87. The molecule has 0 saturated heterocycles. The number of hydrogen-bond acceptors (Lipinski definition) is 3. The van der Waals surface area contributed by atoms with E-state index in [0.717, 1.165) is 20.8 Å². The van der Waals surface area contributed by atoms with Crippen molar-refractivity contribution in [3.05, 3.63) is 65.2 Å². The molecular formula is C16H14N2OS. The van der Waals surface area contributed by atoms with Crippen LogP contribution >= 0.6 is 11.3 Å². The summed E-state index contributed by atoms with van der Waals surface area (Å²) in [6.07, 6.45) is 0. The molecule has 1 unspecified atom stereocenters. The molecule has 0 fully saturated rings. The van der Waals surface area contributed by atoms with Crippen LogP contribution in [-0.2, 0) is 10.2 Å². The number of para-hydroxylation sites is 1. The van der Waals surface area contributed by atoms with Crippen molar-refractivity contribution in [3.63, 3.8) is 0 Å². The minimum atomic E-state index is -0.898. The quantitative estimate of drug-likeness (QED) is 0.802. The Bertz CT molecular complexity index is 733. The summed E-state index contributed by atoms with van der Waals surface area (Å²) in [6, 6.07) is 17.4. The highest BCUT2D eigenvalue weighted by atomic mass is 32.1. The van der Waals surface area contributed by atoms with Gasteiger partial charge in [-0.3, -0.25) is 4.79 Å². The number of hydrogen-bond donors (Lipinski definition) is 1. The lowest BCUT2D eigenvalue weighted by molar-refractivity contribution is -0.121. The molecule has 3 aromatic rings. The number of benzene rings is 2. The Kier molecular flexibility index (Phi) is 3.03. The molecule has 2 aromatic carbocycles. The number of carbonyl (C=O) groups excluding carboxylic acids is 1. The van der Waals surface area contributed by atoms with E-state index in [1.54, 1.807) is 0 Å². The molecule has 3 rings (SSSR count). The zero-order chi connectivity index (χ0) is 14.2. The molecule has 0 spiro atoms. The van der Waals surface area contributed by atoms with Gasteiger partial charge in [-0.15, -0.1) is 11.3 Å². The van der Waals surface area contributed by atoms with Gasteiger partial charge in [0.15, 0.2) is 0 Å². The number of nitrogens with zero attached hydrogens (tertiary/aromatic N) is 1. The number of primary amides is 1. The highest BCUT2D eigenvalue weighted by Gasteiger charge is 2.38. The fourth-order valence-electron chi connectivity index (χ4n) is 2.23. The SMILES string of the molecule is CC(C(N)=O)(c1ccccc1)c1nc2ccccc2s1. The maximum Gasteiger partial charge on any atom is 0.234 e. The van der Waals surface area contributed by atoms with Crippen LogP contribution in [0, 0.1) is 0 Å². The summed E-state index contributed by atoms with van der Waals surface area (Å²) < 4.78 is 1.06. The summed E-state index contributed by atoms with van der Waals surface area (Å²) in [5.41, 5.74) is 6.55. The van der Waals surface area contributed by atoms with Crippen LogP contribution in [0.1, 0.15) is 17.5 Å². The minimum absolute atomic E-state index is 0.386. The Labute approximate surface area is 121 Å². The van der Waals surface area contributed by atoms with Crippen molar-refractivity contribution in [1.82, 2.24) is 4.98 Å². The average Bonchev–Trinajstić information content (AvgIpc) is 2.91. The van der Waals surface area contributed by atoms with Crippen LogP contribution in [-0.4, -0.2) is 10.9 Å². The summed E-state index contributed by atoms with van der Waals surface area (Å²) in [5.74, 6) is -0.386. The predicted octanol–water partition coefficient (Wildman–Crippen LogP) is 3.09. The lowest BCUT2D eigenvalue weighted by atomic mass is 9.82. The smallest absolute Gasteiger partial charge is 0.234 e. The highest BCUT2D eigenvalue weighted by molar-refractivity contribution is 7.18. The summed E-state index contributed by atoms with van der Waals surface area (Å²) in [7, 11) is 0. The zero-order valence-electron chi connectivity index (χ0n) is 11.0. The van der Waals surface area contributed by atoms with Crippen LogP contribution in [0.2, 0.25) is 0 Å². The van der Waals surface area contributed by atoms with Crippen LogP contribution in [0.4, 0.5) is 0 Å². The van der Waals surface area contributed by atoms with Crippen molar-refractivity contribution in [2.75, 3.05) is 0 Å². The summed E-state index contributed by atoms with van der Waals surface area (Å²) >= 11 is 1.52. The van der Waals surface area contributed by atoms with Gasteiger partial charge in [0.2, 0.25) is 5.91 Å². The minimum Gasteiger partial charge on any atom is -0.369 e. The maximum atomic E-state index is 12.1. The Morgan fingerprint density at radius 3 is 2.40 bits per heavy atom. The van der Waals surface area contributed by atoms with Crippen LogP contribution in [0.25, 0.3) is 10.2 Å². The number of rotatable bonds is 3. The van der Waals surface area contributed by atoms with Gasteiger partial charge in [-0.1, -0.05) is 42.5 Å². The van der Waals surface area contributed by atoms with Crippen molar-refractivity contribution in [1.29, 1.82) is 0 Å². The number of carbonyl (C=O) groups is 1. The molecular weight excluding hydrogens is 268 g/mol. The van der Waals surface area contributed by atoms with E-state index in [0.29, 0.717) is 0 Å². The number of amides is 1. The first-order chi connectivity index (χ1) is 9.62. The van der Waals surface area contributed by atoms with Crippen LogP contribution in [0.15, 0.2) is 54.6 Å². The van der Waals surface area contributed by atoms with Gasteiger partial charge in [0.25, 0.3) is 0 Å². The first-order valence-corrected chi connectivity index (χ1v) is 7.15. The molecule has 0 bridgehead atoms. The lowest BCUT2D eigenvalue weighted by Crippen LogP contribution is -2.39. The highest BCUT2D eigenvalue weighted by Crippen LogP contribution is 2.36. The second-order valence-electron chi connectivity index (χ2n) is 4.84. The first-order valence-electron chi connectivity index (χ1n) is 6.34. The van der Waals surface area contributed by atoms with Crippen molar-refractivity contribution in [2.45, 2.75) is 12.3 Å². The van der Waals surface area contributed by atoms with Gasteiger partial charge in [-0.05, 0) is 24.6 Å². The first kappa shape index (κ1) is 12.8. The van der Waals surface area contributed by atoms with Gasteiger partial charge in [0.1, 0.15) is 10.4 Å². The predicted molar refractivity (Wildman–Crippen MR) is 81.7 cm³/mol. The molecule has 0 radical (unpaired) electrons. The summed E-state index contributed by atoms with van der Waals surface area (Å²) in [4.78, 5) is 16.7. The molecule has 1 atom stereocenters. The normalized spacial score (nSPS) is 14.1. The van der Waals surface area contributed by atoms with Crippen molar-refractivity contribution in [3.8, 4) is 0 Å². The topological polar surface area (TPSA) is 56.0 Å². The molecule has 1 aromatic heterocycles. The van der Waals surface area contributed by atoms with Gasteiger partial charge in [0, 0.05) is 0 Å². The number of aromatic nitrogens is 1. The van der Waals surface area contributed by atoms with Crippen LogP contribution < -0.4 is 5.73 Å². The molecule has 0 aliphatic heterocycles. The third-order valence-corrected chi connectivity index (χ3v) is 4.82. The maximum absolute atomic E-state index is 12.1. The van der Waals surface area contributed by atoms with Gasteiger partial charge in [0.05, 0.1) is 10.2 Å². The van der Waals surface area contributed by atoms with E-state index in [1.807, 2.05) is 61.5 Å². The van der Waals surface area contributed by atoms with Gasteiger partial charge < -0.3 is 5.73 Å². The fourth-order valence-corrected chi connectivity index (χ4v) is 3.37. The molecule has 3 nitrogen and oxygen atoms in total. The fraction of sp³-hybridized carbons (Fsp3) is 0.125. The molecule has 1 amide bonds. The average molecular weight is 282 g/mol. The van der Waals surface area contributed by atoms with E-state index >= 15 is 0 Å². The van der Waals surface area contributed by atoms with Gasteiger partial charge in [-0.2, -0.15) is 0 Å². The van der Waals surface area contributed by atoms with Crippen molar-refractivity contribution in [2.24, 2.45) is 5.73 Å². The Hall–Kier alpha value is -2.20. The van der Waals surface area contributed by atoms with Crippen molar-refractivity contribution >= 4 is 27.5 Å². The Balaban J connectivity index is 2.23. The van der Waals surface area contributed by atoms with E-state index in [9.17, 15) is 4.79 Å². The molecule has 20 heavy (non-hydrogen) atoms. The summed E-state index contributed by atoms with van der Waals surface area (Å²) in [6.45, 7) is 1.84. The molecule has 0 saturated carbocycles. The van der Waals surface area contributed by atoms with E-state index in [2.05, 4.69) is 4.98 Å². The zero-order valence-corrected chi connectivity index (χ0v) is 11.9. The largest absolute Gasteiger partial charge is 0.369 e. The van der Waals surface area contributed by atoms with Crippen LogP contribution in [0.3, 0.4) is 0 Å². The van der Waals surface area contributed by atoms with Crippen molar-refractivity contribution < 1.29 is 4.79 Å². The Morgan fingerprint density at radius 2 is 1.75 bits per heavy atom. The van der Waals surface area contributed by atoms with E-state index in [-0.39, 0.29) is 5.91 Å². The third kappa shape index (κ3) is 1.89. The van der Waals surface area contributed by atoms with E-state index in [4.69, 9.17) is 5.73 Å². The van der Waals surface area contributed by atoms with E-state index in [1.165, 1.54) is 11.3 Å². The number of nitrogens with two attached hydrogens (primary N) is 1. The summed E-state index contributed by atoms with van der Waals surface area (Å²) in [5, 5.41) is 0.734. The third-order valence-electron chi connectivity index (χ3n) is 3.57. The number of thiazole rings is 1. The molecule has 2 N–H and O–H groups in total. The molecule has 100 valence electrons. The monoisotopic (exact) mass is 282 g/mol. The number of fused-ring (bicyclic) bond motifs is 1. The molecule has 0 aliphatic carbocycles. The Morgan fingerprint density at radius 1 is 1.10 bits per heavy atom. The van der Waals surface area contributed by atoms with Gasteiger partial charge in [-0.25, -0.2) is 4.98 Å². The van der Waals surface area contributed by atoms with E-state index < -0.39 is 5.41 Å². The molecule has 0 aliphatic rings. The standard InChI is InChI=1S/C16H14N2OS/c1-16(14(17)19,11-7-3-2-4-8-11)15-18-12-9-5-6-10-13(12)20-15/h2-10H,1H3,(H2,17,19). The molecule has 1 heterocycles.